The number of amides is 1. The van der Waals surface area contributed by atoms with Crippen molar-refractivity contribution in [2.75, 3.05) is 6.54 Å². The first-order chi connectivity index (χ1) is 17.0. The van der Waals surface area contributed by atoms with Gasteiger partial charge < -0.3 is 9.64 Å². The van der Waals surface area contributed by atoms with Crippen molar-refractivity contribution in [2.24, 2.45) is 0 Å². The highest BCUT2D eigenvalue weighted by molar-refractivity contribution is 5.90. The van der Waals surface area contributed by atoms with Crippen molar-refractivity contribution in [3.63, 3.8) is 0 Å². The average molecular weight is 472 g/mol. The first-order valence-corrected chi connectivity index (χ1v) is 11.7. The fourth-order valence-electron chi connectivity index (χ4n) is 4.53. The Bertz CT molecular complexity index is 1370. The molecule has 8 heteroatoms. The number of fused-ring (bicyclic) bond motifs is 1. The van der Waals surface area contributed by atoms with E-state index in [9.17, 15) is 9.18 Å². The molecule has 1 aliphatic heterocycles. The summed E-state index contributed by atoms with van der Waals surface area (Å²) in [5.74, 6) is 1.17. The van der Waals surface area contributed by atoms with Crippen LogP contribution in [0, 0.1) is 0 Å². The summed E-state index contributed by atoms with van der Waals surface area (Å²) in [5, 5.41) is 5.69. The van der Waals surface area contributed by atoms with Crippen molar-refractivity contribution in [3.05, 3.63) is 79.3 Å². The van der Waals surface area contributed by atoms with E-state index in [0.29, 0.717) is 23.6 Å². The summed E-state index contributed by atoms with van der Waals surface area (Å²) in [5.41, 5.74) is 2.96. The Labute approximate surface area is 202 Å². The van der Waals surface area contributed by atoms with Crippen LogP contribution < -0.4 is 4.74 Å². The van der Waals surface area contributed by atoms with E-state index in [0.717, 1.165) is 41.7 Å². The van der Waals surface area contributed by atoms with Crippen LogP contribution in [0.25, 0.3) is 22.3 Å². The van der Waals surface area contributed by atoms with Crippen LogP contribution >= 0.6 is 0 Å². The smallest absolute Gasteiger partial charge is 0.246 e. The molecule has 1 fully saturated rings. The van der Waals surface area contributed by atoms with Crippen LogP contribution in [0.3, 0.4) is 0 Å². The quantitative estimate of drug-likeness (QED) is 0.333. The zero-order valence-electron chi connectivity index (χ0n) is 19.5. The molecular weight excluding hydrogens is 445 g/mol. The van der Waals surface area contributed by atoms with Crippen LogP contribution in [-0.2, 0) is 11.3 Å². The maximum absolute atomic E-state index is 13.6. The molecule has 1 aliphatic rings. The second kappa shape index (κ2) is 9.66. The zero-order valence-corrected chi connectivity index (χ0v) is 19.5. The molecule has 4 aromatic rings. The number of carbonyl (C=O) groups is 1. The lowest BCUT2D eigenvalue weighted by Crippen LogP contribution is -2.37. The van der Waals surface area contributed by atoms with Gasteiger partial charge in [0, 0.05) is 18.3 Å². The normalized spacial score (nSPS) is 16.4. The van der Waals surface area contributed by atoms with Crippen molar-refractivity contribution < 1.29 is 13.9 Å². The third-order valence-corrected chi connectivity index (χ3v) is 6.31. The second-order valence-electron chi connectivity index (χ2n) is 8.64. The van der Waals surface area contributed by atoms with Crippen LogP contribution in [0.15, 0.2) is 73.7 Å². The number of benzene rings is 2. The molecule has 2 aromatic heterocycles. The Kier molecular flexibility index (Phi) is 6.27. The maximum atomic E-state index is 13.6. The van der Waals surface area contributed by atoms with Crippen LogP contribution in [0.5, 0.6) is 11.5 Å². The van der Waals surface area contributed by atoms with Crippen molar-refractivity contribution in [3.8, 4) is 22.8 Å². The topological polar surface area (TPSA) is 73.1 Å². The number of rotatable bonds is 7. The highest BCUT2D eigenvalue weighted by Crippen LogP contribution is 2.31. The van der Waals surface area contributed by atoms with E-state index < -0.39 is 6.17 Å². The number of hydrogen-bond acceptors (Lipinski definition) is 5. The molecule has 1 saturated heterocycles. The number of carbonyl (C=O) groups excluding carboxylic acids is 1. The van der Waals surface area contributed by atoms with Gasteiger partial charge in [-0.3, -0.25) is 4.79 Å². The fourth-order valence-corrected chi connectivity index (χ4v) is 4.53. The molecule has 35 heavy (non-hydrogen) atoms. The molecule has 0 spiro atoms. The van der Waals surface area contributed by atoms with E-state index in [1.165, 1.54) is 19.3 Å². The Morgan fingerprint density at radius 2 is 2.09 bits per heavy atom. The van der Waals surface area contributed by atoms with Crippen molar-refractivity contribution >= 4 is 16.9 Å². The van der Waals surface area contributed by atoms with E-state index >= 15 is 0 Å². The van der Waals surface area contributed by atoms with E-state index in [2.05, 4.69) is 16.5 Å². The van der Waals surface area contributed by atoms with Gasteiger partial charge >= 0.3 is 0 Å². The molecule has 3 heterocycles. The summed E-state index contributed by atoms with van der Waals surface area (Å²) >= 11 is 0. The summed E-state index contributed by atoms with van der Waals surface area (Å²) < 4.78 is 21.4. The Morgan fingerprint density at radius 3 is 2.86 bits per heavy atom. The molecule has 0 saturated carbocycles. The van der Waals surface area contributed by atoms with Gasteiger partial charge in [0.1, 0.15) is 29.7 Å². The SMILES string of the molecule is C=CC(=O)N1CCC[C@H]1Cn1nc(-c2ccc(Oc3cccc(C(C)F)c3)cc2)c2cncnc21. The fraction of sp³-hybridized carbons (Fsp3) is 0.259. The summed E-state index contributed by atoms with van der Waals surface area (Å²) in [6.45, 7) is 6.41. The highest BCUT2D eigenvalue weighted by atomic mass is 19.1. The minimum absolute atomic E-state index is 0.0463. The number of hydrogen-bond donors (Lipinski definition) is 0. The lowest BCUT2D eigenvalue weighted by molar-refractivity contribution is -0.127. The molecule has 2 atom stereocenters. The Morgan fingerprint density at radius 1 is 1.26 bits per heavy atom. The first kappa shape index (κ1) is 22.7. The third kappa shape index (κ3) is 4.64. The largest absolute Gasteiger partial charge is 0.457 e. The molecule has 0 bridgehead atoms. The van der Waals surface area contributed by atoms with Gasteiger partial charge in [0.2, 0.25) is 5.91 Å². The van der Waals surface area contributed by atoms with Crippen LogP contribution in [0.4, 0.5) is 4.39 Å². The molecule has 1 amide bonds. The van der Waals surface area contributed by atoms with Gasteiger partial charge in [0.05, 0.1) is 18.0 Å². The van der Waals surface area contributed by atoms with Gasteiger partial charge in [-0.05, 0) is 67.8 Å². The lowest BCUT2D eigenvalue weighted by Gasteiger charge is -2.23. The van der Waals surface area contributed by atoms with Crippen LogP contribution in [0.1, 0.15) is 31.5 Å². The molecule has 5 rings (SSSR count). The zero-order chi connectivity index (χ0) is 24.4. The van der Waals surface area contributed by atoms with Crippen molar-refractivity contribution in [1.82, 2.24) is 24.6 Å². The van der Waals surface area contributed by atoms with Crippen molar-refractivity contribution in [2.45, 2.75) is 38.5 Å². The summed E-state index contributed by atoms with van der Waals surface area (Å²) in [4.78, 5) is 22.8. The number of alkyl halides is 1. The number of nitrogens with zero attached hydrogens (tertiary/aromatic N) is 5. The molecule has 7 nitrogen and oxygen atoms in total. The summed E-state index contributed by atoms with van der Waals surface area (Å²) in [7, 11) is 0. The Hall–Kier alpha value is -4.07. The highest BCUT2D eigenvalue weighted by Gasteiger charge is 2.29. The van der Waals surface area contributed by atoms with Gasteiger partial charge in [-0.25, -0.2) is 19.0 Å². The van der Waals surface area contributed by atoms with E-state index in [1.807, 2.05) is 33.8 Å². The van der Waals surface area contributed by atoms with Gasteiger partial charge in [-0.2, -0.15) is 5.10 Å². The molecule has 0 aliphatic carbocycles. The first-order valence-electron chi connectivity index (χ1n) is 11.7. The lowest BCUT2D eigenvalue weighted by atomic mass is 10.1. The monoisotopic (exact) mass is 471 g/mol. The standard InChI is InChI=1S/C27H26FN5O2/c1-3-25(34)32-13-5-7-21(32)16-33-27-24(15-29-17-30-27)26(31-33)19-9-11-22(12-10-19)35-23-8-4-6-20(14-23)18(2)28/h3-4,6,8-12,14-15,17-18,21H,1,5,7,13,16H2,2H3/t18?,21-/m0/s1. The molecule has 1 unspecified atom stereocenters. The number of halogens is 1. The van der Waals surface area contributed by atoms with Gasteiger partial charge in [-0.1, -0.05) is 18.7 Å². The molecule has 0 radical (unpaired) electrons. The number of ether oxygens (including phenoxy) is 1. The average Bonchev–Trinajstić information content (AvgIpc) is 3.49. The predicted molar refractivity (Wildman–Crippen MR) is 132 cm³/mol. The molecule has 178 valence electrons. The van der Waals surface area contributed by atoms with Crippen LogP contribution in [0.2, 0.25) is 0 Å². The summed E-state index contributed by atoms with van der Waals surface area (Å²) in [6, 6.07) is 14.6. The number of likely N-dealkylation sites (tertiary alicyclic amines) is 1. The van der Waals surface area contributed by atoms with Gasteiger partial charge in [0.15, 0.2) is 5.65 Å². The molecule has 0 N–H and O–H groups in total. The minimum atomic E-state index is -1.06. The van der Waals surface area contributed by atoms with E-state index in [1.54, 1.807) is 30.5 Å². The molecular formula is C27H26FN5O2. The number of aromatic nitrogens is 4. The molecule has 2 aromatic carbocycles. The van der Waals surface area contributed by atoms with E-state index in [4.69, 9.17) is 9.84 Å². The third-order valence-electron chi connectivity index (χ3n) is 6.31. The van der Waals surface area contributed by atoms with E-state index in [-0.39, 0.29) is 11.9 Å². The predicted octanol–water partition coefficient (Wildman–Crippen LogP) is 5.49. The van der Waals surface area contributed by atoms with Gasteiger partial charge in [0.25, 0.3) is 0 Å². The Balaban J connectivity index is 1.41. The van der Waals surface area contributed by atoms with Crippen molar-refractivity contribution in [1.29, 1.82) is 0 Å². The summed E-state index contributed by atoms with van der Waals surface area (Å²) in [6.07, 6.45) is 5.45. The minimum Gasteiger partial charge on any atom is -0.457 e. The van der Waals surface area contributed by atoms with Crippen LogP contribution in [-0.4, -0.2) is 43.1 Å². The second-order valence-corrected chi connectivity index (χ2v) is 8.64. The maximum Gasteiger partial charge on any atom is 0.246 e. The van der Waals surface area contributed by atoms with Gasteiger partial charge in [-0.15, -0.1) is 0 Å².